The number of carbonyl (C=O) groups excluding carboxylic acids is 1. The summed E-state index contributed by atoms with van der Waals surface area (Å²) in [7, 11) is 0. The second kappa shape index (κ2) is 5.93. The average Bonchev–Trinajstić information content (AvgIpc) is 2.20. The van der Waals surface area contributed by atoms with Gasteiger partial charge in [-0.3, -0.25) is 4.79 Å². The van der Waals surface area contributed by atoms with Gasteiger partial charge in [-0.2, -0.15) is 12.6 Å². The molecule has 0 heterocycles. The molecule has 6 nitrogen and oxygen atoms in total. The van der Waals surface area contributed by atoms with Crippen LogP contribution in [0.2, 0.25) is 0 Å². The number of hydrogen-bond donors (Lipinski definition) is 2. The molecule has 0 saturated heterocycles. The number of nitrogens with one attached hydrogen (secondary N) is 1. The Bertz CT molecular complexity index is 264. The van der Waals surface area contributed by atoms with Crippen LogP contribution >= 0.6 is 12.6 Å². The molecule has 1 unspecified atom stereocenters. The molecule has 1 rings (SSSR count). The first-order valence-corrected chi connectivity index (χ1v) is 5.80. The lowest BCUT2D eigenvalue weighted by Crippen LogP contribution is -2.42. The van der Waals surface area contributed by atoms with Gasteiger partial charge in [-0.25, -0.2) is 0 Å². The van der Waals surface area contributed by atoms with E-state index in [0.29, 0.717) is 25.7 Å². The first-order valence-electron chi connectivity index (χ1n) is 5.28. The molecule has 0 bridgehead atoms. The predicted octanol–water partition coefficient (Wildman–Crippen LogP) is 0.940. The summed E-state index contributed by atoms with van der Waals surface area (Å²) in [6.45, 7) is 1.71. The Morgan fingerprint density at radius 3 is 2.50 bits per heavy atom. The zero-order valence-electron chi connectivity index (χ0n) is 9.09. The molecule has 0 spiro atoms. The highest BCUT2D eigenvalue weighted by Gasteiger charge is 2.25. The third kappa shape index (κ3) is 4.26. The van der Waals surface area contributed by atoms with Crippen LogP contribution in [0.5, 0.6) is 0 Å². The van der Waals surface area contributed by atoms with E-state index in [1.165, 1.54) is 0 Å². The fourth-order valence-electron chi connectivity index (χ4n) is 1.76. The lowest BCUT2D eigenvalue weighted by molar-refractivity contribution is -0.769. The van der Waals surface area contributed by atoms with Crippen LogP contribution in [0, 0.1) is 10.1 Å². The third-order valence-corrected chi connectivity index (χ3v) is 2.87. The molecular formula is C9H16N2O4S. The second-order valence-electron chi connectivity index (χ2n) is 3.99. The van der Waals surface area contributed by atoms with Crippen molar-refractivity contribution >= 4 is 18.5 Å². The van der Waals surface area contributed by atoms with Gasteiger partial charge in [0.2, 0.25) is 5.91 Å². The smallest absolute Gasteiger partial charge is 0.294 e. The summed E-state index contributed by atoms with van der Waals surface area (Å²) >= 11 is 4.03. The molecule has 0 aromatic carbocycles. The van der Waals surface area contributed by atoms with Crippen molar-refractivity contribution in [3.8, 4) is 0 Å². The van der Waals surface area contributed by atoms with Crippen LogP contribution in [0.25, 0.3) is 0 Å². The highest BCUT2D eigenvalue weighted by molar-refractivity contribution is 7.81. The zero-order valence-corrected chi connectivity index (χ0v) is 9.98. The Hall–Kier alpha value is -0.980. The van der Waals surface area contributed by atoms with Crippen LogP contribution in [0.3, 0.4) is 0 Å². The minimum absolute atomic E-state index is 0.0914. The Morgan fingerprint density at radius 2 is 2.06 bits per heavy atom. The number of thiol groups is 1. The van der Waals surface area contributed by atoms with E-state index >= 15 is 0 Å². The molecule has 7 heteroatoms. The summed E-state index contributed by atoms with van der Waals surface area (Å²) in [5, 5.41) is 11.9. The van der Waals surface area contributed by atoms with Crippen LogP contribution in [-0.2, 0) is 9.63 Å². The maximum absolute atomic E-state index is 11.3. The van der Waals surface area contributed by atoms with E-state index in [4.69, 9.17) is 0 Å². The molecule has 16 heavy (non-hydrogen) atoms. The van der Waals surface area contributed by atoms with Crippen molar-refractivity contribution in [3.05, 3.63) is 10.1 Å². The summed E-state index contributed by atoms with van der Waals surface area (Å²) in [6, 6.07) is 0.0914. The fraction of sp³-hybridized carbons (Fsp3) is 0.889. The summed E-state index contributed by atoms with van der Waals surface area (Å²) in [4.78, 5) is 25.9. The monoisotopic (exact) mass is 248 g/mol. The molecule has 1 N–H and O–H groups in total. The largest absolute Gasteiger partial charge is 0.352 e. The Kier molecular flexibility index (Phi) is 4.85. The van der Waals surface area contributed by atoms with Gasteiger partial charge in [0.15, 0.2) is 0 Å². The van der Waals surface area contributed by atoms with Crippen molar-refractivity contribution in [1.82, 2.24) is 5.32 Å². The Morgan fingerprint density at radius 1 is 1.50 bits per heavy atom. The first kappa shape index (κ1) is 13.1. The second-order valence-corrected chi connectivity index (χ2v) is 4.76. The topological polar surface area (TPSA) is 81.5 Å². The summed E-state index contributed by atoms with van der Waals surface area (Å²) in [6.07, 6.45) is 2.31. The third-order valence-electron chi connectivity index (χ3n) is 2.64. The highest BCUT2D eigenvalue weighted by Crippen LogP contribution is 2.21. The van der Waals surface area contributed by atoms with Crippen molar-refractivity contribution in [2.45, 2.75) is 50.0 Å². The molecule has 0 aromatic heterocycles. The van der Waals surface area contributed by atoms with Crippen molar-refractivity contribution in [1.29, 1.82) is 0 Å². The van der Waals surface area contributed by atoms with E-state index in [2.05, 4.69) is 22.8 Å². The SMILES string of the molecule is CC(S)C(=O)NC1CCC(O[N+](=O)[O-])CC1. The van der Waals surface area contributed by atoms with Crippen LogP contribution < -0.4 is 5.32 Å². The minimum atomic E-state index is -0.751. The highest BCUT2D eigenvalue weighted by atomic mass is 32.1. The molecular weight excluding hydrogens is 232 g/mol. The summed E-state index contributed by atoms with van der Waals surface area (Å²) in [5.41, 5.74) is 0. The molecule has 0 radical (unpaired) electrons. The van der Waals surface area contributed by atoms with Gasteiger partial charge in [-0.15, -0.1) is 10.1 Å². The van der Waals surface area contributed by atoms with Gasteiger partial charge in [-0.1, -0.05) is 0 Å². The standard InChI is InChI=1S/C9H16N2O4S/c1-6(16)9(12)10-7-2-4-8(5-3-7)15-11(13)14/h6-8,16H,2-5H2,1H3,(H,10,12). The normalized spacial score (nSPS) is 26.9. The Balaban J connectivity index is 2.27. The van der Waals surface area contributed by atoms with Crippen LogP contribution in [0.15, 0.2) is 0 Å². The van der Waals surface area contributed by atoms with Gasteiger partial charge >= 0.3 is 0 Å². The van der Waals surface area contributed by atoms with Gasteiger partial charge in [0, 0.05) is 6.04 Å². The van der Waals surface area contributed by atoms with Gasteiger partial charge in [-0.05, 0) is 32.6 Å². The van der Waals surface area contributed by atoms with E-state index in [1.807, 2.05) is 0 Å². The predicted molar refractivity (Wildman–Crippen MR) is 60.7 cm³/mol. The molecule has 92 valence electrons. The molecule has 1 fully saturated rings. The maximum atomic E-state index is 11.3. The molecule has 1 aliphatic rings. The van der Waals surface area contributed by atoms with Gasteiger partial charge < -0.3 is 10.2 Å². The number of nitrogens with zero attached hydrogens (tertiary/aromatic N) is 1. The number of carbonyl (C=O) groups is 1. The minimum Gasteiger partial charge on any atom is -0.352 e. The zero-order chi connectivity index (χ0) is 12.1. The quantitative estimate of drug-likeness (QED) is 0.441. The summed E-state index contributed by atoms with van der Waals surface area (Å²) in [5.74, 6) is -0.0954. The molecule has 1 aliphatic carbocycles. The molecule has 1 amide bonds. The molecule has 1 atom stereocenters. The van der Waals surface area contributed by atoms with Gasteiger partial charge in [0.25, 0.3) is 5.09 Å². The van der Waals surface area contributed by atoms with E-state index in [-0.39, 0.29) is 23.3 Å². The van der Waals surface area contributed by atoms with Gasteiger partial charge in [0.05, 0.1) is 5.25 Å². The van der Waals surface area contributed by atoms with Crippen LogP contribution in [-0.4, -0.2) is 28.4 Å². The number of amides is 1. The molecule has 0 aromatic rings. The van der Waals surface area contributed by atoms with Crippen molar-refractivity contribution in [3.63, 3.8) is 0 Å². The maximum Gasteiger partial charge on any atom is 0.294 e. The Labute approximate surface area is 99.2 Å². The molecule has 0 aliphatic heterocycles. The van der Waals surface area contributed by atoms with Gasteiger partial charge in [0.1, 0.15) is 6.10 Å². The first-order chi connectivity index (χ1) is 7.49. The number of hydrogen-bond acceptors (Lipinski definition) is 5. The summed E-state index contributed by atoms with van der Waals surface area (Å²) < 4.78 is 0. The van der Waals surface area contributed by atoms with Crippen molar-refractivity contribution < 1.29 is 14.7 Å². The average molecular weight is 248 g/mol. The van der Waals surface area contributed by atoms with E-state index in [0.717, 1.165) is 0 Å². The van der Waals surface area contributed by atoms with Crippen molar-refractivity contribution in [2.24, 2.45) is 0 Å². The molecule has 1 saturated carbocycles. The van der Waals surface area contributed by atoms with Crippen LogP contribution in [0.1, 0.15) is 32.6 Å². The number of rotatable bonds is 4. The van der Waals surface area contributed by atoms with Crippen LogP contribution in [0.4, 0.5) is 0 Å². The lowest BCUT2D eigenvalue weighted by atomic mass is 9.93. The van der Waals surface area contributed by atoms with Crippen molar-refractivity contribution in [2.75, 3.05) is 0 Å². The lowest BCUT2D eigenvalue weighted by Gasteiger charge is -2.28. The van der Waals surface area contributed by atoms with E-state index < -0.39 is 5.09 Å². The van der Waals surface area contributed by atoms with E-state index in [1.54, 1.807) is 6.92 Å². The fourth-order valence-corrected chi connectivity index (χ4v) is 1.83. The van der Waals surface area contributed by atoms with E-state index in [9.17, 15) is 14.9 Å².